The van der Waals surface area contributed by atoms with Gasteiger partial charge in [-0.15, -0.1) is 0 Å². The highest BCUT2D eigenvalue weighted by atomic mass is 16.5. The highest BCUT2D eigenvalue weighted by molar-refractivity contribution is 6.12. The molecule has 3 N–H and O–H groups in total. The minimum Gasteiger partial charge on any atom is -0.379 e. The smallest absolute Gasteiger partial charge is 0.253 e. The molecule has 346 valence electrons. The summed E-state index contributed by atoms with van der Waals surface area (Å²) in [5.41, 5.74) is -1.34. The van der Waals surface area contributed by atoms with E-state index in [1.165, 1.54) is 24.2 Å². The number of amides is 7. The van der Waals surface area contributed by atoms with Crippen LogP contribution in [0.15, 0.2) is 48.6 Å². The van der Waals surface area contributed by atoms with E-state index < -0.39 is 41.7 Å². The molecule has 7 amide bonds. The Kier molecular flexibility index (Phi) is 20.7. The van der Waals surface area contributed by atoms with Crippen molar-refractivity contribution < 1.29 is 43.0 Å². The second-order valence-corrected chi connectivity index (χ2v) is 17.8. The van der Waals surface area contributed by atoms with Crippen molar-refractivity contribution in [3.8, 4) is 0 Å². The SMILES string of the molecule is CCC(C)C(C(CC(=O)N1CCC[C@H]1C(OC)C(C)C(=O)NCCC1C=CC=CC=C1)OC)N(C)C(=O)C(NC(=O)C(C)(C)NC(=O)CCCCCN1C(=O)C=CC1=O)C(C)C. The lowest BCUT2D eigenvalue weighted by atomic mass is 9.89. The minimum atomic E-state index is -1.34. The summed E-state index contributed by atoms with van der Waals surface area (Å²) in [5, 5.41) is 8.75. The van der Waals surface area contributed by atoms with Crippen molar-refractivity contribution in [2.75, 3.05) is 40.9 Å². The molecule has 2 aliphatic heterocycles. The number of nitrogens with one attached hydrogen (secondary N) is 3. The van der Waals surface area contributed by atoms with Crippen molar-refractivity contribution in [2.45, 2.75) is 142 Å². The third-order valence-corrected chi connectivity index (χ3v) is 12.5. The third-order valence-electron chi connectivity index (χ3n) is 12.5. The minimum absolute atomic E-state index is 0.00258. The van der Waals surface area contributed by atoms with Crippen LogP contribution in [0.2, 0.25) is 0 Å². The number of methoxy groups -OCH3 is 2. The molecule has 0 aromatic carbocycles. The molecule has 0 aromatic rings. The van der Waals surface area contributed by atoms with Crippen molar-refractivity contribution in [1.29, 1.82) is 0 Å². The van der Waals surface area contributed by atoms with E-state index in [1.54, 1.807) is 37.8 Å². The van der Waals surface area contributed by atoms with E-state index >= 15 is 0 Å². The lowest BCUT2D eigenvalue weighted by molar-refractivity contribution is -0.148. The van der Waals surface area contributed by atoms with Crippen LogP contribution in [0.3, 0.4) is 0 Å². The van der Waals surface area contributed by atoms with Gasteiger partial charge in [-0.1, -0.05) is 83.9 Å². The van der Waals surface area contributed by atoms with Crippen LogP contribution in [-0.4, -0.2) is 133 Å². The van der Waals surface area contributed by atoms with Gasteiger partial charge in [-0.2, -0.15) is 0 Å². The summed E-state index contributed by atoms with van der Waals surface area (Å²) in [6.07, 6.45) is 18.2. The van der Waals surface area contributed by atoms with E-state index in [-0.39, 0.29) is 78.6 Å². The summed E-state index contributed by atoms with van der Waals surface area (Å²) in [6.45, 7) is 14.0. The van der Waals surface area contributed by atoms with Gasteiger partial charge in [0.1, 0.15) is 11.6 Å². The van der Waals surface area contributed by atoms with Crippen molar-refractivity contribution in [1.82, 2.24) is 30.7 Å². The van der Waals surface area contributed by atoms with Crippen LogP contribution >= 0.6 is 0 Å². The highest BCUT2D eigenvalue weighted by Gasteiger charge is 2.43. The van der Waals surface area contributed by atoms with Gasteiger partial charge in [-0.05, 0) is 63.7 Å². The molecule has 1 saturated heterocycles. The van der Waals surface area contributed by atoms with Crippen LogP contribution in [0.1, 0.15) is 106 Å². The third kappa shape index (κ3) is 14.5. The molecule has 3 rings (SSSR count). The molecule has 7 atom stereocenters. The zero-order chi connectivity index (χ0) is 46.1. The predicted molar refractivity (Wildman–Crippen MR) is 238 cm³/mol. The Bertz CT molecular complexity index is 1650. The van der Waals surface area contributed by atoms with Crippen LogP contribution in [0.5, 0.6) is 0 Å². The number of allylic oxidation sites excluding steroid dienone is 6. The van der Waals surface area contributed by atoms with Crippen LogP contribution in [0, 0.1) is 23.7 Å². The molecule has 1 fully saturated rings. The molecule has 62 heavy (non-hydrogen) atoms. The molecule has 0 spiro atoms. The van der Waals surface area contributed by atoms with E-state index in [1.807, 2.05) is 58.9 Å². The Labute approximate surface area is 369 Å². The van der Waals surface area contributed by atoms with Crippen molar-refractivity contribution in [2.24, 2.45) is 23.7 Å². The molecule has 15 heteroatoms. The maximum absolute atomic E-state index is 14.4. The number of likely N-dealkylation sites (N-methyl/N-ethyl adjacent to an activating group) is 1. The lowest BCUT2D eigenvalue weighted by Crippen LogP contribution is -2.62. The highest BCUT2D eigenvalue weighted by Crippen LogP contribution is 2.30. The van der Waals surface area contributed by atoms with E-state index in [4.69, 9.17) is 9.47 Å². The Hall–Kier alpha value is -4.63. The number of ether oxygens (including phenoxy) is 2. The molecule has 1 aliphatic carbocycles. The number of imide groups is 1. The van der Waals surface area contributed by atoms with Gasteiger partial charge >= 0.3 is 0 Å². The van der Waals surface area contributed by atoms with Crippen molar-refractivity contribution >= 4 is 41.4 Å². The summed E-state index contributed by atoms with van der Waals surface area (Å²) < 4.78 is 12.0. The first-order chi connectivity index (χ1) is 29.4. The summed E-state index contributed by atoms with van der Waals surface area (Å²) in [6, 6.07) is -1.78. The first-order valence-electron chi connectivity index (χ1n) is 22.4. The maximum atomic E-state index is 14.4. The first-order valence-corrected chi connectivity index (χ1v) is 22.4. The molecular formula is C47H74N6O9. The number of rotatable bonds is 25. The number of nitrogens with zero attached hydrogens (tertiary/aromatic N) is 3. The monoisotopic (exact) mass is 867 g/mol. The van der Waals surface area contributed by atoms with Crippen LogP contribution in [0.4, 0.5) is 0 Å². The summed E-state index contributed by atoms with van der Waals surface area (Å²) in [7, 11) is 4.79. The fraction of sp³-hybridized carbons (Fsp3) is 0.681. The molecule has 0 saturated carbocycles. The van der Waals surface area contributed by atoms with Gasteiger partial charge in [0.05, 0.1) is 36.6 Å². The van der Waals surface area contributed by atoms with E-state index in [2.05, 4.69) is 28.1 Å². The molecule has 15 nitrogen and oxygen atoms in total. The Balaban J connectivity index is 1.62. The molecule has 3 aliphatic rings. The number of unbranched alkanes of at least 4 members (excludes halogenated alkanes) is 2. The Morgan fingerprint density at radius 1 is 0.919 bits per heavy atom. The van der Waals surface area contributed by atoms with E-state index in [0.29, 0.717) is 45.2 Å². The lowest BCUT2D eigenvalue weighted by Gasteiger charge is -2.41. The molecule has 2 heterocycles. The normalized spacial score (nSPS) is 19.6. The zero-order valence-corrected chi connectivity index (χ0v) is 38.8. The predicted octanol–water partition coefficient (Wildman–Crippen LogP) is 4.23. The Morgan fingerprint density at radius 2 is 1.56 bits per heavy atom. The van der Waals surface area contributed by atoms with Crippen LogP contribution in [-0.2, 0) is 43.0 Å². The van der Waals surface area contributed by atoms with Gasteiger partial charge in [-0.25, -0.2) is 0 Å². The molecule has 0 radical (unpaired) electrons. The molecule has 0 aromatic heterocycles. The molecule has 6 unspecified atom stereocenters. The first kappa shape index (κ1) is 51.7. The van der Waals surface area contributed by atoms with E-state index in [0.717, 1.165) is 12.8 Å². The maximum Gasteiger partial charge on any atom is 0.253 e. The number of likely N-dealkylation sites (tertiary alicyclic amines) is 1. The van der Waals surface area contributed by atoms with Gasteiger partial charge in [0.25, 0.3) is 11.8 Å². The largest absolute Gasteiger partial charge is 0.379 e. The Morgan fingerprint density at radius 3 is 2.15 bits per heavy atom. The van der Waals surface area contributed by atoms with Gasteiger partial charge in [0.15, 0.2) is 0 Å². The number of carbonyl (C=O) groups excluding carboxylic acids is 7. The van der Waals surface area contributed by atoms with Crippen LogP contribution in [0.25, 0.3) is 0 Å². The average Bonchev–Trinajstić information content (AvgIpc) is 3.74. The standard InChI is InChI=1S/C47H74N6O9/c1-11-32(4)42(36(61-9)30-40(57)52-29-19-22-35(52)43(62-10)33(5)44(58)48-27-26-34-20-15-12-13-16-21-34)51(8)45(59)41(31(2)3)49-46(60)47(6,7)50-37(54)23-17-14-18-28-53-38(55)24-25-39(53)56/h12-13,15-16,20-21,24-25,31-36,41-43H,11,14,17-19,22-23,26-30H2,1-10H3,(H,48,58)(H,49,60)(H,50,54)/t32?,33?,35-,36?,41?,42?,43?/m0/s1. The van der Waals surface area contributed by atoms with Crippen LogP contribution < -0.4 is 16.0 Å². The topological polar surface area (TPSA) is 184 Å². The summed E-state index contributed by atoms with van der Waals surface area (Å²) in [5.74, 6) is -2.83. The fourth-order valence-electron chi connectivity index (χ4n) is 8.53. The second-order valence-electron chi connectivity index (χ2n) is 17.8. The fourth-order valence-corrected chi connectivity index (χ4v) is 8.53. The summed E-state index contributed by atoms with van der Waals surface area (Å²) >= 11 is 0. The zero-order valence-electron chi connectivity index (χ0n) is 38.8. The quantitative estimate of drug-likeness (QED) is 0.0894. The average molecular weight is 867 g/mol. The van der Waals surface area contributed by atoms with Crippen molar-refractivity contribution in [3.05, 3.63) is 48.6 Å². The van der Waals surface area contributed by atoms with Crippen molar-refractivity contribution in [3.63, 3.8) is 0 Å². The molecule has 0 bridgehead atoms. The number of carbonyl (C=O) groups is 7. The van der Waals surface area contributed by atoms with Gasteiger partial charge < -0.3 is 35.2 Å². The van der Waals surface area contributed by atoms with Gasteiger partial charge in [-0.3, -0.25) is 38.5 Å². The van der Waals surface area contributed by atoms with Gasteiger partial charge in [0.2, 0.25) is 29.5 Å². The second kappa shape index (κ2) is 24.9. The molecular weight excluding hydrogens is 793 g/mol. The van der Waals surface area contributed by atoms with Gasteiger partial charge in [0, 0.05) is 59.5 Å². The number of hydrogen-bond acceptors (Lipinski definition) is 9. The summed E-state index contributed by atoms with van der Waals surface area (Å²) in [4.78, 5) is 96.7. The van der Waals surface area contributed by atoms with E-state index in [9.17, 15) is 33.6 Å². The number of hydrogen-bond donors (Lipinski definition) is 3.